The van der Waals surface area contributed by atoms with Crippen LogP contribution in [-0.2, 0) is 4.79 Å². The largest absolute Gasteiger partial charge is 0.480 e. The third kappa shape index (κ3) is 2.44. The molecule has 2 fully saturated rings. The van der Waals surface area contributed by atoms with Gasteiger partial charge in [-0.25, -0.2) is 9.59 Å². The lowest BCUT2D eigenvalue weighted by Gasteiger charge is -2.21. The van der Waals surface area contributed by atoms with E-state index < -0.39 is 18.1 Å². The van der Waals surface area contributed by atoms with Crippen LogP contribution >= 0.6 is 0 Å². The first-order valence-electron chi connectivity index (χ1n) is 5.53. The van der Waals surface area contributed by atoms with Gasteiger partial charge in [-0.05, 0) is 18.8 Å². The Balaban J connectivity index is 1.89. The van der Waals surface area contributed by atoms with E-state index in [9.17, 15) is 14.7 Å². The summed E-state index contributed by atoms with van der Waals surface area (Å²) in [6, 6.07) is -1.27. The number of rotatable bonds is 3. The molecule has 1 heterocycles. The van der Waals surface area contributed by atoms with Crippen LogP contribution in [0.5, 0.6) is 0 Å². The predicted molar refractivity (Wildman–Crippen MR) is 54.9 cm³/mol. The van der Waals surface area contributed by atoms with E-state index in [1.54, 1.807) is 0 Å². The lowest BCUT2D eigenvalue weighted by molar-refractivity contribution is -0.141. The zero-order valence-corrected chi connectivity index (χ0v) is 8.93. The van der Waals surface area contributed by atoms with Gasteiger partial charge in [0, 0.05) is 19.5 Å². The van der Waals surface area contributed by atoms with Gasteiger partial charge in [0.25, 0.3) is 0 Å². The number of nitrogens with one attached hydrogen (secondary N) is 1. The molecule has 2 amide bonds. The molecule has 1 saturated carbocycles. The number of hydrogen-bond donors (Lipinski definition) is 3. The lowest BCUT2D eigenvalue weighted by Crippen LogP contribution is -2.46. The lowest BCUT2D eigenvalue weighted by atomic mass is 10.2. The van der Waals surface area contributed by atoms with Crippen molar-refractivity contribution in [3.05, 3.63) is 0 Å². The number of carboxylic acids is 1. The van der Waals surface area contributed by atoms with Crippen LogP contribution in [0.4, 0.5) is 4.79 Å². The molecule has 2 aliphatic rings. The third-order valence-corrected chi connectivity index (χ3v) is 3.06. The summed E-state index contributed by atoms with van der Waals surface area (Å²) >= 11 is 0. The van der Waals surface area contributed by atoms with E-state index in [4.69, 9.17) is 5.11 Å². The van der Waals surface area contributed by atoms with Crippen LogP contribution in [0.25, 0.3) is 0 Å². The zero-order chi connectivity index (χ0) is 11.7. The number of aliphatic hydroxyl groups is 1. The van der Waals surface area contributed by atoms with Gasteiger partial charge in [-0.3, -0.25) is 0 Å². The fourth-order valence-electron chi connectivity index (χ4n) is 1.93. The molecule has 1 saturated heterocycles. The maximum Gasteiger partial charge on any atom is 0.326 e. The van der Waals surface area contributed by atoms with Gasteiger partial charge in [0.2, 0.25) is 0 Å². The summed E-state index contributed by atoms with van der Waals surface area (Å²) < 4.78 is 0. The normalized spacial score (nSPS) is 29.2. The Kier molecular flexibility index (Phi) is 3.00. The number of amides is 2. The summed E-state index contributed by atoms with van der Waals surface area (Å²) in [7, 11) is 0. The van der Waals surface area contributed by atoms with Crippen LogP contribution in [0.15, 0.2) is 0 Å². The van der Waals surface area contributed by atoms with E-state index in [-0.39, 0.29) is 19.0 Å². The molecule has 0 unspecified atom stereocenters. The summed E-state index contributed by atoms with van der Waals surface area (Å²) in [6.07, 6.45) is 1.65. The average molecular weight is 228 g/mol. The van der Waals surface area contributed by atoms with Crippen molar-refractivity contribution >= 4 is 12.0 Å². The van der Waals surface area contributed by atoms with Crippen LogP contribution in [0, 0.1) is 5.92 Å². The van der Waals surface area contributed by atoms with Gasteiger partial charge in [-0.15, -0.1) is 0 Å². The number of aliphatic hydroxyl groups excluding tert-OH is 1. The number of carbonyl (C=O) groups is 2. The smallest absolute Gasteiger partial charge is 0.326 e. The van der Waals surface area contributed by atoms with E-state index in [1.165, 1.54) is 4.90 Å². The minimum atomic E-state index is -1.06. The molecule has 90 valence electrons. The first kappa shape index (κ1) is 11.2. The molecule has 2 atom stereocenters. The van der Waals surface area contributed by atoms with Crippen molar-refractivity contribution in [3.63, 3.8) is 0 Å². The van der Waals surface area contributed by atoms with Gasteiger partial charge in [0.1, 0.15) is 6.04 Å². The van der Waals surface area contributed by atoms with Crippen LogP contribution < -0.4 is 5.32 Å². The van der Waals surface area contributed by atoms with Gasteiger partial charge in [-0.2, -0.15) is 0 Å². The summed E-state index contributed by atoms with van der Waals surface area (Å²) in [5, 5.41) is 21.0. The first-order valence-corrected chi connectivity index (χ1v) is 5.53. The summed E-state index contributed by atoms with van der Waals surface area (Å²) in [5.41, 5.74) is 0. The fourth-order valence-corrected chi connectivity index (χ4v) is 1.93. The maximum absolute atomic E-state index is 11.7. The van der Waals surface area contributed by atoms with Gasteiger partial charge in [-0.1, -0.05) is 0 Å². The molecule has 16 heavy (non-hydrogen) atoms. The molecular weight excluding hydrogens is 212 g/mol. The molecule has 1 aliphatic carbocycles. The number of carboxylic acid groups (broad SMARTS) is 1. The highest BCUT2D eigenvalue weighted by Gasteiger charge is 2.39. The van der Waals surface area contributed by atoms with Crippen molar-refractivity contribution in [3.8, 4) is 0 Å². The minimum Gasteiger partial charge on any atom is -0.480 e. The van der Waals surface area contributed by atoms with Gasteiger partial charge < -0.3 is 20.4 Å². The van der Waals surface area contributed by atoms with Crippen LogP contribution in [0.2, 0.25) is 0 Å². The Bertz CT molecular complexity index is 303. The van der Waals surface area contributed by atoms with Gasteiger partial charge in [0.05, 0.1) is 6.10 Å². The van der Waals surface area contributed by atoms with Gasteiger partial charge in [0.15, 0.2) is 0 Å². The summed E-state index contributed by atoms with van der Waals surface area (Å²) in [5.74, 6) is -0.502. The molecule has 0 aromatic rings. The number of likely N-dealkylation sites (tertiary alicyclic amines) is 1. The zero-order valence-electron chi connectivity index (χ0n) is 8.93. The van der Waals surface area contributed by atoms with Crippen molar-refractivity contribution in [2.24, 2.45) is 5.92 Å². The van der Waals surface area contributed by atoms with E-state index in [1.807, 2.05) is 0 Å². The Morgan fingerprint density at radius 2 is 2.06 bits per heavy atom. The topological polar surface area (TPSA) is 89.9 Å². The van der Waals surface area contributed by atoms with E-state index in [2.05, 4.69) is 5.32 Å². The molecule has 2 rings (SSSR count). The molecule has 0 radical (unpaired) electrons. The molecule has 6 nitrogen and oxygen atoms in total. The fraction of sp³-hybridized carbons (Fsp3) is 0.800. The molecule has 0 bridgehead atoms. The summed E-state index contributed by atoms with van der Waals surface area (Å²) in [4.78, 5) is 23.8. The van der Waals surface area contributed by atoms with Crippen molar-refractivity contribution in [2.75, 3.05) is 13.1 Å². The van der Waals surface area contributed by atoms with Crippen molar-refractivity contribution in [2.45, 2.75) is 31.4 Å². The third-order valence-electron chi connectivity index (χ3n) is 3.06. The highest BCUT2D eigenvalue weighted by molar-refractivity contribution is 5.83. The standard InChI is InChI=1S/C10H16N2O4/c13-7-3-8(9(14)15)12(5-7)10(16)11-4-6-1-2-6/h6-8,13H,1-5H2,(H,11,16)(H,14,15)/t7-,8+/m1/s1. The number of β-amino-alcohol motifs (C(OH)–C–C–N with tert-alkyl or cyclic N) is 1. The molecule has 1 aliphatic heterocycles. The number of carbonyl (C=O) groups excluding carboxylic acids is 1. The van der Waals surface area contributed by atoms with Crippen LogP contribution in [0.3, 0.4) is 0 Å². The van der Waals surface area contributed by atoms with Crippen LogP contribution in [-0.4, -0.2) is 52.3 Å². The number of hydrogen-bond acceptors (Lipinski definition) is 3. The number of aliphatic carboxylic acids is 1. The quantitative estimate of drug-likeness (QED) is 0.614. The Hall–Kier alpha value is -1.30. The minimum absolute atomic E-state index is 0.105. The van der Waals surface area contributed by atoms with Crippen molar-refractivity contribution in [1.82, 2.24) is 10.2 Å². The van der Waals surface area contributed by atoms with Gasteiger partial charge >= 0.3 is 12.0 Å². The first-order chi connectivity index (χ1) is 7.58. The summed E-state index contributed by atoms with van der Waals surface area (Å²) in [6.45, 7) is 0.714. The predicted octanol–water partition coefficient (Wildman–Crippen LogP) is -0.374. The van der Waals surface area contributed by atoms with Crippen molar-refractivity contribution in [1.29, 1.82) is 0 Å². The second-order valence-corrected chi connectivity index (χ2v) is 4.53. The van der Waals surface area contributed by atoms with E-state index in [0.29, 0.717) is 12.5 Å². The molecule has 0 spiro atoms. The number of urea groups is 1. The maximum atomic E-state index is 11.7. The molecule has 0 aromatic heterocycles. The van der Waals surface area contributed by atoms with E-state index in [0.717, 1.165) is 12.8 Å². The second kappa shape index (κ2) is 4.29. The molecule has 0 aromatic carbocycles. The molecule has 6 heteroatoms. The Labute approximate surface area is 93.2 Å². The highest BCUT2D eigenvalue weighted by Crippen LogP contribution is 2.27. The SMILES string of the molecule is O=C(O)[C@@H]1C[C@@H](O)CN1C(=O)NCC1CC1. The van der Waals surface area contributed by atoms with Crippen LogP contribution in [0.1, 0.15) is 19.3 Å². The Morgan fingerprint density at radius 1 is 1.38 bits per heavy atom. The molecular formula is C10H16N2O4. The number of nitrogens with zero attached hydrogens (tertiary/aromatic N) is 1. The Morgan fingerprint density at radius 3 is 2.62 bits per heavy atom. The average Bonchev–Trinajstić information content (AvgIpc) is 2.96. The second-order valence-electron chi connectivity index (χ2n) is 4.53. The highest BCUT2D eigenvalue weighted by atomic mass is 16.4. The molecule has 3 N–H and O–H groups in total. The monoisotopic (exact) mass is 228 g/mol. The van der Waals surface area contributed by atoms with Crippen molar-refractivity contribution < 1.29 is 19.8 Å². The van der Waals surface area contributed by atoms with E-state index >= 15 is 0 Å².